The highest BCUT2D eigenvalue weighted by atomic mass is 32.1. The van der Waals surface area contributed by atoms with Crippen molar-refractivity contribution in [3.63, 3.8) is 0 Å². The van der Waals surface area contributed by atoms with Gasteiger partial charge in [-0.25, -0.2) is 4.98 Å². The monoisotopic (exact) mass is 278 g/mol. The molecule has 1 saturated carbocycles. The van der Waals surface area contributed by atoms with E-state index in [1.54, 1.807) is 0 Å². The molecule has 0 amide bonds. The molecule has 2 atom stereocenters. The summed E-state index contributed by atoms with van der Waals surface area (Å²) in [6, 6.07) is 0. The molecule has 0 spiro atoms. The molecule has 0 saturated heterocycles. The number of thiazole rings is 1. The van der Waals surface area contributed by atoms with Gasteiger partial charge in [0.1, 0.15) is 4.88 Å². The third kappa shape index (κ3) is 2.49. The molecule has 2 unspecified atom stereocenters. The van der Waals surface area contributed by atoms with Crippen LogP contribution in [0.1, 0.15) is 50.0 Å². The Hall–Kier alpha value is -1.43. The molecule has 6 heteroatoms. The van der Waals surface area contributed by atoms with Crippen LogP contribution in [0, 0.1) is 12.8 Å². The van der Waals surface area contributed by atoms with Crippen molar-refractivity contribution in [1.29, 1.82) is 0 Å². The summed E-state index contributed by atoms with van der Waals surface area (Å²) in [6.07, 6.45) is 4.88. The molecule has 19 heavy (non-hydrogen) atoms. The lowest BCUT2D eigenvalue weighted by molar-refractivity contribution is 0.324. The van der Waals surface area contributed by atoms with Gasteiger partial charge in [0, 0.05) is 5.92 Å². The van der Waals surface area contributed by atoms with Crippen LogP contribution < -0.4 is 5.73 Å². The largest absolute Gasteiger partial charge is 0.375 e. The molecular weight excluding hydrogens is 260 g/mol. The van der Waals surface area contributed by atoms with Crippen LogP contribution in [0.2, 0.25) is 0 Å². The summed E-state index contributed by atoms with van der Waals surface area (Å²) in [5.41, 5.74) is 6.56. The molecular formula is C13H18N4OS. The lowest BCUT2D eigenvalue weighted by Gasteiger charge is -2.23. The minimum absolute atomic E-state index is 0.437. The van der Waals surface area contributed by atoms with E-state index in [2.05, 4.69) is 22.0 Å². The van der Waals surface area contributed by atoms with Crippen LogP contribution in [0.4, 0.5) is 5.13 Å². The SMILES string of the molecule is Cc1nc(N)sc1-c1nc(C2CCCC(C)C2)no1. The number of nitrogens with zero attached hydrogens (tertiary/aromatic N) is 3. The molecule has 0 aliphatic heterocycles. The smallest absolute Gasteiger partial charge is 0.270 e. The zero-order valence-corrected chi connectivity index (χ0v) is 12.0. The van der Waals surface area contributed by atoms with Gasteiger partial charge in [-0.3, -0.25) is 0 Å². The van der Waals surface area contributed by atoms with Gasteiger partial charge < -0.3 is 10.3 Å². The molecule has 1 aliphatic rings. The molecule has 0 aromatic carbocycles. The average molecular weight is 278 g/mol. The first-order valence-corrected chi connectivity index (χ1v) is 7.52. The lowest BCUT2D eigenvalue weighted by atomic mass is 9.82. The topological polar surface area (TPSA) is 77.8 Å². The molecule has 102 valence electrons. The summed E-state index contributed by atoms with van der Waals surface area (Å²) in [5, 5.41) is 4.69. The Labute approximate surface area is 116 Å². The van der Waals surface area contributed by atoms with Gasteiger partial charge in [-0.15, -0.1) is 0 Å². The van der Waals surface area contributed by atoms with E-state index in [4.69, 9.17) is 10.3 Å². The first-order valence-electron chi connectivity index (χ1n) is 6.70. The van der Waals surface area contributed by atoms with Gasteiger partial charge in [-0.1, -0.05) is 36.3 Å². The van der Waals surface area contributed by atoms with Crippen molar-refractivity contribution in [1.82, 2.24) is 15.1 Å². The average Bonchev–Trinajstić information content (AvgIpc) is 2.96. The van der Waals surface area contributed by atoms with E-state index in [1.807, 2.05) is 6.92 Å². The maximum atomic E-state index is 5.70. The fourth-order valence-corrected chi connectivity index (χ4v) is 3.53. The number of nitrogens with two attached hydrogens (primary N) is 1. The van der Waals surface area contributed by atoms with Crippen LogP contribution in [0.5, 0.6) is 0 Å². The second-order valence-electron chi connectivity index (χ2n) is 5.39. The van der Waals surface area contributed by atoms with E-state index in [9.17, 15) is 0 Å². The van der Waals surface area contributed by atoms with Crippen molar-refractivity contribution in [2.45, 2.75) is 45.4 Å². The maximum Gasteiger partial charge on any atom is 0.270 e. The fourth-order valence-electron chi connectivity index (χ4n) is 2.78. The number of aryl methyl sites for hydroxylation is 1. The molecule has 3 rings (SSSR count). The fraction of sp³-hybridized carbons (Fsp3) is 0.615. The molecule has 5 nitrogen and oxygen atoms in total. The van der Waals surface area contributed by atoms with E-state index >= 15 is 0 Å². The van der Waals surface area contributed by atoms with E-state index in [0.717, 1.165) is 35.2 Å². The Morgan fingerprint density at radius 2 is 2.16 bits per heavy atom. The Morgan fingerprint density at radius 3 is 2.84 bits per heavy atom. The minimum Gasteiger partial charge on any atom is -0.375 e. The lowest BCUT2D eigenvalue weighted by Crippen LogP contribution is -2.12. The highest BCUT2D eigenvalue weighted by Crippen LogP contribution is 2.36. The second-order valence-corrected chi connectivity index (χ2v) is 6.42. The molecule has 2 heterocycles. The van der Waals surface area contributed by atoms with Crippen LogP contribution in [-0.2, 0) is 0 Å². The minimum atomic E-state index is 0.437. The zero-order chi connectivity index (χ0) is 13.4. The van der Waals surface area contributed by atoms with Gasteiger partial charge >= 0.3 is 0 Å². The van der Waals surface area contributed by atoms with Crippen LogP contribution >= 0.6 is 11.3 Å². The van der Waals surface area contributed by atoms with E-state index in [1.165, 1.54) is 24.2 Å². The Morgan fingerprint density at radius 1 is 1.32 bits per heavy atom. The highest BCUT2D eigenvalue weighted by molar-refractivity contribution is 7.18. The normalized spacial score (nSPS) is 23.7. The standard InChI is InChI=1S/C13H18N4OS/c1-7-4-3-5-9(6-7)11-16-12(18-17-11)10-8(2)15-13(14)19-10/h7,9H,3-6H2,1-2H3,(H2,14,15). The van der Waals surface area contributed by atoms with Gasteiger partial charge in [0.15, 0.2) is 11.0 Å². The molecule has 1 fully saturated rings. The number of hydrogen-bond donors (Lipinski definition) is 1. The number of hydrogen-bond acceptors (Lipinski definition) is 6. The Balaban J connectivity index is 1.85. The van der Waals surface area contributed by atoms with Crippen molar-refractivity contribution in [3.05, 3.63) is 11.5 Å². The van der Waals surface area contributed by atoms with Crippen molar-refractivity contribution in [2.75, 3.05) is 5.73 Å². The predicted octanol–water partition coefficient (Wildman–Crippen LogP) is 3.38. The summed E-state index contributed by atoms with van der Waals surface area (Å²) in [6.45, 7) is 4.20. The molecule has 0 bridgehead atoms. The van der Waals surface area contributed by atoms with Gasteiger partial charge in [0.05, 0.1) is 5.69 Å². The number of nitrogen functional groups attached to an aromatic ring is 1. The van der Waals surface area contributed by atoms with Crippen LogP contribution in [0.25, 0.3) is 10.8 Å². The molecule has 0 radical (unpaired) electrons. The summed E-state index contributed by atoms with van der Waals surface area (Å²) in [7, 11) is 0. The van der Waals surface area contributed by atoms with Gasteiger partial charge in [0.2, 0.25) is 0 Å². The zero-order valence-electron chi connectivity index (χ0n) is 11.2. The van der Waals surface area contributed by atoms with Gasteiger partial charge in [-0.2, -0.15) is 4.98 Å². The summed E-state index contributed by atoms with van der Waals surface area (Å²) in [5.74, 6) is 2.58. The maximum absolute atomic E-state index is 5.70. The first kappa shape index (κ1) is 12.6. The third-order valence-corrected chi connectivity index (χ3v) is 4.73. The molecule has 2 N–H and O–H groups in total. The number of anilines is 1. The van der Waals surface area contributed by atoms with Crippen LogP contribution in [-0.4, -0.2) is 15.1 Å². The summed E-state index contributed by atoms with van der Waals surface area (Å²) in [4.78, 5) is 9.63. The van der Waals surface area contributed by atoms with Crippen molar-refractivity contribution in [3.8, 4) is 10.8 Å². The van der Waals surface area contributed by atoms with Gasteiger partial charge in [-0.05, 0) is 25.7 Å². The van der Waals surface area contributed by atoms with Crippen molar-refractivity contribution in [2.24, 2.45) is 5.92 Å². The van der Waals surface area contributed by atoms with E-state index < -0.39 is 0 Å². The van der Waals surface area contributed by atoms with Gasteiger partial charge in [0.25, 0.3) is 5.89 Å². The Bertz CT molecular complexity index is 577. The predicted molar refractivity (Wildman–Crippen MR) is 74.9 cm³/mol. The molecule has 2 aromatic rings. The molecule has 1 aliphatic carbocycles. The highest BCUT2D eigenvalue weighted by Gasteiger charge is 2.25. The molecule has 2 aromatic heterocycles. The number of rotatable bonds is 2. The van der Waals surface area contributed by atoms with Crippen LogP contribution in [0.15, 0.2) is 4.52 Å². The Kier molecular flexibility index (Phi) is 3.26. The summed E-state index contributed by atoms with van der Waals surface area (Å²) >= 11 is 1.40. The number of aromatic nitrogens is 3. The second kappa shape index (κ2) is 4.92. The first-order chi connectivity index (χ1) is 9.13. The van der Waals surface area contributed by atoms with E-state index in [-0.39, 0.29) is 0 Å². The van der Waals surface area contributed by atoms with E-state index in [0.29, 0.717) is 16.9 Å². The van der Waals surface area contributed by atoms with Crippen molar-refractivity contribution < 1.29 is 4.52 Å². The third-order valence-electron chi connectivity index (χ3n) is 3.75. The van der Waals surface area contributed by atoms with Crippen LogP contribution in [0.3, 0.4) is 0 Å². The quantitative estimate of drug-likeness (QED) is 0.911. The van der Waals surface area contributed by atoms with Crippen molar-refractivity contribution >= 4 is 16.5 Å². The summed E-state index contributed by atoms with van der Waals surface area (Å²) < 4.78 is 5.39.